The lowest BCUT2D eigenvalue weighted by Gasteiger charge is -2.26. The zero-order chi connectivity index (χ0) is 27.1. The quantitative estimate of drug-likeness (QED) is 0.183. The number of halogens is 1. The van der Waals surface area contributed by atoms with E-state index in [1.165, 1.54) is 13.2 Å². The SMILES string of the molecule is CCCCOc1ccc(N2C(=O)NC(=O)/C(=C/c3ccc(OC)cc3OCc3ccc(Br)cc3)C2=O)cc1. The predicted octanol–water partition coefficient (Wildman–Crippen LogP) is 5.88. The van der Waals surface area contributed by atoms with Crippen LogP contribution in [0, 0.1) is 0 Å². The molecule has 0 saturated carbocycles. The van der Waals surface area contributed by atoms with Crippen molar-refractivity contribution < 1.29 is 28.6 Å². The first-order valence-electron chi connectivity index (χ1n) is 12.1. The minimum Gasteiger partial charge on any atom is -0.497 e. The number of barbiturate groups is 1. The number of anilines is 1. The first-order valence-corrected chi connectivity index (χ1v) is 12.9. The Balaban J connectivity index is 1.60. The molecule has 38 heavy (non-hydrogen) atoms. The highest BCUT2D eigenvalue weighted by Gasteiger charge is 2.37. The summed E-state index contributed by atoms with van der Waals surface area (Å²) in [6.45, 7) is 2.91. The number of imide groups is 2. The molecule has 1 fully saturated rings. The lowest BCUT2D eigenvalue weighted by molar-refractivity contribution is -0.122. The van der Waals surface area contributed by atoms with Gasteiger partial charge in [-0.1, -0.05) is 41.4 Å². The summed E-state index contributed by atoms with van der Waals surface area (Å²) in [5.74, 6) is 0.0658. The molecule has 0 aromatic heterocycles. The van der Waals surface area contributed by atoms with Gasteiger partial charge in [-0.2, -0.15) is 0 Å². The fourth-order valence-electron chi connectivity index (χ4n) is 3.70. The van der Waals surface area contributed by atoms with Gasteiger partial charge in [0.05, 0.1) is 19.4 Å². The van der Waals surface area contributed by atoms with Gasteiger partial charge in [-0.15, -0.1) is 0 Å². The van der Waals surface area contributed by atoms with Gasteiger partial charge in [-0.25, -0.2) is 9.69 Å². The minimum atomic E-state index is -0.821. The maximum Gasteiger partial charge on any atom is 0.335 e. The van der Waals surface area contributed by atoms with Crippen molar-refractivity contribution >= 4 is 45.5 Å². The van der Waals surface area contributed by atoms with Crippen LogP contribution in [-0.2, 0) is 16.2 Å². The Morgan fingerprint density at radius 1 is 0.921 bits per heavy atom. The summed E-state index contributed by atoms with van der Waals surface area (Å²) >= 11 is 3.41. The van der Waals surface area contributed by atoms with Crippen LogP contribution in [-0.4, -0.2) is 31.6 Å². The number of benzene rings is 3. The molecule has 0 spiro atoms. The topological polar surface area (TPSA) is 94.2 Å². The number of rotatable bonds is 10. The van der Waals surface area contributed by atoms with Gasteiger partial charge in [0, 0.05) is 16.1 Å². The molecule has 1 N–H and O–H groups in total. The molecule has 196 valence electrons. The van der Waals surface area contributed by atoms with E-state index in [1.807, 2.05) is 24.3 Å². The number of hydrogen-bond acceptors (Lipinski definition) is 6. The largest absolute Gasteiger partial charge is 0.497 e. The lowest BCUT2D eigenvalue weighted by atomic mass is 10.1. The molecule has 4 amide bonds. The highest BCUT2D eigenvalue weighted by Crippen LogP contribution is 2.30. The smallest absolute Gasteiger partial charge is 0.335 e. The molecule has 3 aromatic rings. The summed E-state index contributed by atoms with van der Waals surface area (Å²) in [5, 5.41) is 2.25. The van der Waals surface area contributed by atoms with E-state index in [0.717, 1.165) is 27.8 Å². The van der Waals surface area contributed by atoms with E-state index >= 15 is 0 Å². The highest BCUT2D eigenvalue weighted by atomic mass is 79.9. The maximum atomic E-state index is 13.4. The monoisotopic (exact) mass is 578 g/mol. The van der Waals surface area contributed by atoms with Crippen molar-refractivity contribution in [1.29, 1.82) is 0 Å². The van der Waals surface area contributed by atoms with Gasteiger partial charge in [0.25, 0.3) is 11.8 Å². The van der Waals surface area contributed by atoms with Crippen molar-refractivity contribution in [2.45, 2.75) is 26.4 Å². The summed E-state index contributed by atoms with van der Waals surface area (Å²) in [7, 11) is 1.54. The van der Waals surface area contributed by atoms with Gasteiger partial charge in [-0.05, 0) is 66.6 Å². The van der Waals surface area contributed by atoms with E-state index in [-0.39, 0.29) is 12.2 Å². The van der Waals surface area contributed by atoms with E-state index in [4.69, 9.17) is 14.2 Å². The van der Waals surface area contributed by atoms with Gasteiger partial charge in [0.15, 0.2) is 0 Å². The van der Waals surface area contributed by atoms with Crippen LogP contribution >= 0.6 is 15.9 Å². The number of methoxy groups -OCH3 is 1. The molecule has 1 aliphatic heterocycles. The van der Waals surface area contributed by atoms with Crippen LogP contribution in [0.5, 0.6) is 17.2 Å². The molecule has 1 saturated heterocycles. The molecule has 9 heteroatoms. The Bertz CT molecular complexity index is 1350. The average molecular weight is 579 g/mol. The van der Waals surface area contributed by atoms with Crippen molar-refractivity contribution in [2.75, 3.05) is 18.6 Å². The summed E-state index contributed by atoms with van der Waals surface area (Å²) in [4.78, 5) is 39.6. The normalized spacial score (nSPS) is 14.4. The second-order valence-corrected chi connectivity index (χ2v) is 9.39. The summed E-state index contributed by atoms with van der Waals surface area (Å²) in [5.41, 5.74) is 1.53. The fraction of sp³-hybridized carbons (Fsp3) is 0.207. The van der Waals surface area contributed by atoms with Crippen LogP contribution in [0.2, 0.25) is 0 Å². The van der Waals surface area contributed by atoms with Crippen LogP contribution < -0.4 is 24.4 Å². The molecule has 0 bridgehead atoms. The molecule has 0 atom stereocenters. The first-order chi connectivity index (χ1) is 18.4. The molecule has 1 aliphatic rings. The van der Waals surface area contributed by atoms with Crippen molar-refractivity contribution in [2.24, 2.45) is 0 Å². The van der Waals surface area contributed by atoms with Crippen LogP contribution in [0.25, 0.3) is 6.08 Å². The molecule has 3 aromatic carbocycles. The number of carbonyl (C=O) groups excluding carboxylic acids is 3. The van der Waals surface area contributed by atoms with Crippen LogP contribution in [0.3, 0.4) is 0 Å². The molecule has 8 nitrogen and oxygen atoms in total. The van der Waals surface area contributed by atoms with Crippen LogP contribution in [0.1, 0.15) is 30.9 Å². The van der Waals surface area contributed by atoms with Crippen molar-refractivity contribution in [3.05, 3.63) is 87.9 Å². The van der Waals surface area contributed by atoms with E-state index < -0.39 is 17.8 Å². The molecule has 4 rings (SSSR count). The van der Waals surface area contributed by atoms with E-state index in [9.17, 15) is 14.4 Å². The number of ether oxygens (including phenoxy) is 3. The number of urea groups is 1. The van der Waals surface area contributed by atoms with Gasteiger partial charge < -0.3 is 14.2 Å². The Labute approximate surface area is 229 Å². The summed E-state index contributed by atoms with van der Waals surface area (Å²) < 4.78 is 18.0. The second-order valence-electron chi connectivity index (χ2n) is 8.47. The number of nitrogens with one attached hydrogen (secondary N) is 1. The number of unbranched alkanes of at least 4 members (excludes halogenated alkanes) is 1. The third-order valence-electron chi connectivity index (χ3n) is 5.79. The number of hydrogen-bond donors (Lipinski definition) is 1. The zero-order valence-electron chi connectivity index (χ0n) is 21.0. The number of carbonyl (C=O) groups is 3. The molecular formula is C29H27BrN2O6. The summed E-state index contributed by atoms with van der Waals surface area (Å²) in [6, 6.07) is 18.5. The zero-order valence-corrected chi connectivity index (χ0v) is 22.6. The third kappa shape index (κ3) is 6.41. The van der Waals surface area contributed by atoms with Gasteiger partial charge >= 0.3 is 6.03 Å². The van der Waals surface area contributed by atoms with Gasteiger partial charge in [-0.3, -0.25) is 14.9 Å². The van der Waals surface area contributed by atoms with Gasteiger partial charge in [0.2, 0.25) is 0 Å². The number of amides is 4. The Morgan fingerprint density at radius 2 is 1.63 bits per heavy atom. The second kappa shape index (κ2) is 12.4. The summed E-state index contributed by atoms with van der Waals surface area (Å²) in [6.07, 6.45) is 3.34. The van der Waals surface area contributed by atoms with Crippen LogP contribution in [0.4, 0.5) is 10.5 Å². The Morgan fingerprint density at radius 3 is 2.32 bits per heavy atom. The molecule has 0 aliphatic carbocycles. The maximum absolute atomic E-state index is 13.4. The van der Waals surface area contributed by atoms with E-state index in [0.29, 0.717) is 35.1 Å². The van der Waals surface area contributed by atoms with Crippen molar-refractivity contribution in [1.82, 2.24) is 5.32 Å². The Hall–Kier alpha value is -4.11. The Kier molecular flexibility index (Phi) is 8.81. The molecular weight excluding hydrogens is 552 g/mol. The van der Waals surface area contributed by atoms with Crippen molar-refractivity contribution in [3.63, 3.8) is 0 Å². The van der Waals surface area contributed by atoms with E-state index in [1.54, 1.807) is 42.5 Å². The van der Waals surface area contributed by atoms with E-state index in [2.05, 4.69) is 28.2 Å². The molecule has 0 unspecified atom stereocenters. The first kappa shape index (κ1) is 26.9. The highest BCUT2D eigenvalue weighted by molar-refractivity contribution is 9.10. The lowest BCUT2D eigenvalue weighted by Crippen LogP contribution is -2.54. The predicted molar refractivity (Wildman–Crippen MR) is 147 cm³/mol. The standard InChI is InChI=1S/C29H27BrN2O6/c1-3-4-15-37-23-13-10-22(11-14-23)32-28(34)25(27(33)31-29(32)35)16-20-7-12-24(36-2)17-26(20)38-18-19-5-8-21(30)9-6-19/h5-14,16-17H,3-4,15,18H2,1-2H3,(H,31,33,35)/b25-16-. The molecule has 0 radical (unpaired) electrons. The average Bonchev–Trinajstić information content (AvgIpc) is 2.92. The van der Waals surface area contributed by atoms with Crippen LogP contribution in [0.15, 0.2) is 76.8 Å². The van der Waals surface area contributed by atoms with Gasteiger partial charge in [0.1, 0.15) is 29.4 Å². The fourth-order valence-corrected chi connectivity index (χ4v) is 3.97. The molecule has 1 heterocycles. The minimum absolute atomic E-state index is 0.202. The third-order valence-corrected chi connectivity index (χ3v) is 6.32. The van der Waals surface area contributed by atoms with Crippen molar-refractivity contribution in [3.8, 4) is 17.2 Å². The number of nitrogens with zero attached hydrogens (tertiary/aromatic N) is 1.